The minimum atomic E-state index is -0.446. The Morgan fingerprint density at radius 3 is 2.73 bits per heavy atom. The van der Waals surface area contributed by atoms with Gasteiger partial charge in [-0.25, -0.2) is 8.78 Å². The largest absolute Gasteiger partial charge is 0.371 e. The smallest absolute Gasteiger partial charge is 0.191 e. The van der Waals surface area contributed by atoms with Crippen LogP contribution in [-0.4, -0.2) is 32.6 Å². The van der Waals surface area contributed by atoms with E-state index in [1.165, 1.54) is 11.8 Å². The van der Waals surface area contributed by atoms with Crippen LogP contribution in [0.2, 0.25) is 0 Å². The number of halogens is 2. The monoisotopic (exact) mass is 358 g/mol. The second-order valence-corrected chi connectivity index (χ2v) is 6.48. The molecule has 0 aromatic heterocycles. The second-order valence-electron chi connectivity index (χ2n) is 6.48. The number of nitrogens with one attached hydrogen (secondary N) is 2. The summed E-state index contributed by atoms with van der Waals surface area (Å²) < 4.78 is 26.9. The molecule has 4 nitrogen and oxygen atoms in total. The first-order valence-electron chi connectivity index (χ1n) is 8.84. The average molecular weight is 358 g/mol. The van der Waals surface area contributed by atoms with E-state index in [4.69, 9.17) is 0 Å². The molecule has 0 bridgehead atoms. The maximum absolute atomic E-state index is 13.7. The zero-order valence-corrected chi connectivity index (χ0v) is 14.9. The molecule has 2 N–H and O–H groups in total. The summed E-state index contributed by atoms with van der Waals surface area (Å²) in [6.07, 6.45) is 1.11. The number of benzene rings is 2. The van der Waals surface area contributed by atoms with E-state index >= 15 is 0 Å². The van der Waals surface area contributed by atoms with E-state index < -0.39 is 11.6 Å². The summed E-state index contributed by atoms with van der Waals surface area (Å²) >= 11 is 0. The van der Waals surface area contributed by atoms with Gasteiger partial charge in [-0.3, -0.25) is 4.99 Å². The molecule has 0 spiro atoms. The molecule has 0 radical (unpaired) electrons. The summed E-state index contributed by atoms with van der Waals surface area (Å²) in [7, 11) is 1.67. The highest BCUT2D eigenvalue weighted by Crippen LogP contribution is 2.22. The Morgan fingerprint density at radius 2 is 1.96 bits per heavy atom. The third kappa shape index (κ3) is 4.71. The number of guanidine groups is 1. The highest BCUT2D eigenvalue weighted by Gasteiger charge is 2.22. The third-order valence-electron chi connectivity index (χ3n) is 4.64. The van der Waals surface area contributed by atoms with Crippen molar-refractivity contribution in [2.45, 2.75) is 13.0 Å². The molecule has 0 aliphatic carbocycles. The predicted molar refractivity (Wildman–Crippen MR) is 101 cm³/mol. The molecule has 0 saturated carbocycles. The van der Waals surface area contributed by atoms with Crippen LogP contribution in [-0.2, 0) is 6.54 Å². The van der Waals surface area contributed by atoms with Gasteiger partial charge < -0.3 is 15.5 Å². The Morgan fingerprint density at radius 1 is 1.15 bits per heavy atom. The highest BCUT2D eigenvalue weighted by molar-refractivity contribution is 5.79. The van der Waals surface area contributed by atoms with Gasteiger partial charge in [0.25, 0.3) is 0 Å². The summed E-state index contributed by atoms with van der Waals surface area (Å²) in [5.41, 5.74) is 1.53. The molecule has 0 amide bonds. The molecule has 1 atom stereocenters. The van der Waals surface area contributed by atoms with E-state index in [-0.39, 0.29) is 12.1 Å². The van der Waals surface area contributed by atoms with Gasteiger partial charge in [-0.15, -0.1) is 0 Å². The minimum Gasteiger partial charge on any atom is -0.371 e. The Kier molecular flexibility index (Phi) is 6.04. The summed E-state index contributed by atoms with van der Waals surface area (Å²) in [5.74, 6) is 0.230. The number of para-hydroxylation sites is 1. The topological polar surface area (TPSA) is 39.7 Å². The van der Waals surface area contributed by atoms with E-state index in [0.29, 0.717) is 11.9 Å². The van der Waals surface area contributed by atoms with Gasteiger partial charge in [-0.2, -0.15) is 0 Å². The molecule has 1 aliphatic heterocycles. The van der Waals surface area contributed by atoms with E-state index in [9.17, 15) is 8.78 Å². The number of nitrogens with zero attached hydrogens (tertiary/aromatic N) is 2. The molecule has 2 aromatic carbocycles. The zero-order chi connectivity index (χ0) is 18.4. The lowest BCUT2D eigenvalue weighted by Crippen LogP contribution is -2.40. The van der Waals surface area contributed by atoms with Crippen molar-refractivity contribution >= 4 is 11.6 Å². The first-order valence-corrected chi connectivity index (χ1v) is 8.84. The molecule has 1 unspecified atom stereocenters. The van der Waals surface area contributed by atoms with Crippen molar-refractivity contribution < 1.29 is 8.78 Å². The van der Waals surface area contributed by atoms with Gasteiger partial charge in [0.05, 0.1) is 0 Å². The molecule has 6 heteroatoms. The van der Waals surface area contributed by atoms with Crippen molar-refractivity contribution in [3.8, 4) is 0 Å². The molecule has 1 aliphatic rings. The van der Waals surface area contributed by atoms with Gasteiger partial charge in [-0.05, 0) is 42.7 Å². The van der Waals surface area contributed by atoms with Gasteiger partial charge in [0.1, 0.15) is 11.6 Å². The van der Waals surface area contributed by atoms with Crippen molar-refractivity contribution in [3.63, 3.8) is 0 Å². The SMILES string of the molecule is CN=C(NCc1cc(F)ccc1F)NCC1CCN(c2ccccc2)C1. The summed E-state index contributed by atoms with van der Waals surface area (Å²) in [6.45, 7) is 3.00. The van der Waals surface area contributed by atoms with Gasteiger partial charge in [0.15, 0.2) is 5.96 Å². The third-order valence-corrected chi connectivity index (χ3v) is 4.64. The Labute approximate surface area is 152 Å². The van der Waals surface area contributed by atoms with Crippen LogP contribution in [0.3, 0.4) is 0 Å². The van der Waals surface area contributed by atoms with Crippen LogP contribution in [0.1, 0.15) is 12.0 Å². The van der Waals surface area contributed by atoms with Crippen LogP contribution in [0, 0.1) is 17.6 Å². The standard InChI is InChI=1S/C20H24F2N4/c1-23-20(25-13-16-11-17(21)7-8-19(16)22)24-12-15-9-10-26(14-15)18-5-3-2-4-6-18/h2-8,11,15H,9-10,12-14H2,1H3,(H2,23,24,25). The molecule has 26 heavy (non-hydrogen) atoms. The van der Waals surface area contributed by atoms with Crippen molar-refractivity contribution in [2.24, 2.45) is 10.9 Å². The number of anilines is 1. The second kappa shape index (κ2) is 8.65. The highest BCUT2D eigenvalue weighted by atomic mass is 19.1. The van der Waals surface area contributed by atoms with E-state index in [1.54, 1.807) is 7.05 Å². The Balaban J connectivity index is 1.47. The molecule has 1 heterocycles. The molecule has 138 valence electrons. The molecule has 1 fully saturated rings. The van der Waals surface area contributed by atoms with Crippen molar-refractivity contribution in [3.05, 3.63) is 65.7 Å². The molecular weight excluding hydrogens is 334 g/mol. The van der Waals surface area contributed by atoms with Crippen LogP contribution in [0.15, 0.2) is 53.5 Å². The van der Waals surface area contributed by atoms with Gasteiger partial charge in [-0.1, -0.05) is 18.2 Å². The fraction of sp³-hybridized carbons (Fsp3) is 0.350. The molecule has 1 saturated heterocycles. The summed E-state index contributed by atoms with van der Waals surface area (Å²) in [6, 6.07) is 13.8. The van der Waals surface area contributed by atoms with E-state index in [2.05, 4.69) is 44.8 Å². The lowest BCUT2D eigenvalue weighted by molar-refractivity contribution is 0.561. The van der Waals surface area contributed by atoms with Crippen LogP contribution in [0.4, 0.5) is 14.5 Å². The first-order chi connectivity index (χ1) is 12.7. The minimum absolute atomic E-state index is 0.185. The average Bonchev–Trinajstić information content (AvgIpc) is 3.14. The number of rotatable bonds is 5. The van der Waals surface area contributed by atoms with Crippen LogP contribution >= 0.6 is 0 Å². The quantitative estimate of drug-likeness (QED) is 0.637. The van der Waals surface area contributed by atoms with Crippen molar-refractivity contribution in [1.29, 1.82) is 0 Å². The fourth-order valence-corrected chi connectivity index (χ4v) is 3.19. The maximum Gasteiger partial charge on any atom is 0.191 e. The fourth-order valence-electron chi connectivity index (χ4n) is 3.19. The molecule has 3 rings (SSSR count). The van der Waals surface area contributed by atoms with E-state index in [0.717, 1.165) is 38.2 Å². The van der Waals surface area contributed by atoms with Crippen LogP contribution in [0.5, 0.6) is 0 Å². The molecular formula is C20H24F2N4. The zero-order valence-electron chi connectivity index (χ0n) is 14.9. The number of hydrogen-bond donors (Lipinski definition) is 2. The number of hydrogen-bond acceptors (Lipinski definition) is 2. The van der Waals surface area contributed by atoms with Gasteiger partial charge >= 0.3 is 0 Å². The van der Waals surface area contributed by atoms with Crippen LogP contribution in [0.25, 0.3) is 0 Å². The van der Waals surface area contributed by atoms with Crippen LogP contribution < -0.4 is 15.5 Å². The van der Waals surface area contributed by atoms with Gasteiger partial charge in [0, 0.05) is 44.5 Å². The lowest BCUT2D eigenvalue weighted by atomic mass is 10.1. The van der Waals surface area contributed by atoms with Crippen molar-refractivity contribution in [2.75, 3.05) is 31.6 Å². The number of aliphatic imine (C=N–C) groups is 1. The maximum atomic E-state index is 13.7. The predicted octanol–water partition coefficient (Wildman–Crippen LogP) is 3.16. The summed E-state index contributed by atoms with van der Waals surface area (Å²) in [5, 5.41) is 6.32. The molecule has 2 aromatic rings. The van der Waals surface area contributed by atoms with E-state index in [1.807, 2.05) is 6.07 Å². The first kappa shape index (κ1) is 18.2. The lowest BCUT2D eigenvalue weighted by Gasteiger charge is -2.19. The Bertz CT molecular complexity index is 749. The van der Waals surface area contributed by atoms with Crippen molar-refractivity contribution in [1.82, 2.24) is 10.6 Å². The Hall–Kier alpha value is -2.63. The normalized spacial score (nSPS) is 17.4. The van der Waals surface area contributed by atoms with Gasteiger partial charge in [0.2, 0.25) is 0 Å². The summed E-state index contributed by atoms with van der Waals surface area (Å²) in [4.78, 5) is 6.54.